The molecule has 2 fully saturated rings. The Hall–Kier alpha value is -1.27. The van der Waals surface area contributed by atoms with Crippen LogP contribution in [0.5, 0.6) is 5.75 Å². The number of sulfonamides is 1. The fourth-order valence-corrected chi connectivity index (χ4v) is 7.93. The first-order valence-corrected chi connectivity index (χ1v) is 12.3. The zero-order valence-electron chi connectivity index (χ0n) is 17.7. The maximum absolute atomic E-state index is 12.0. The van der Waals surface area contributed by atoms with Crippen LogP contribution in [-0.2, 0) is 21.9 Å². The van der Waals surface area contributed by atoms with Gasteiger partial charge < -0.3 is 10.8 Å². The molecule has 0 heterocycles. The highest BCUT2D eigenvalue weighted by Crippen LogP contribution is 2.68. The minimum Gasteiger partial charge on any atom is -0.508 e. The van der Waals surface area contributed by atoms with Gasteiger partial charge in [-0.2, -0.15) is 0 Å². The van der Waals surface area contributed by atoms with E-state index in [1.807, 2.05) is 6.07 Å². The van der Waals surface area contributed by atoms with Gasteiger partial charge in [0.2, 0.25) is 10.0 Å². The van der Waals surface area contributed by atoms with E-state index >= 15 is 0 Å². The molecule has 1 aromatic carbocycles. The van der Waals surface area contributed by atoms with Gasteiger partial charge in [-0.3, -0.25) is 4.72 Å². The number of benzene rings is 1. The first kappa shape index (κ1) is 20.0. The van der Waals surface area contributed by atoms with Crippen molar-refractivity contribution in [2.45, 2.75) is 71.3 Å². The second kappa shape index (κ2) is 5.88. The molecule has 5 unspecified atom stereocenters. The molecule has 0 aromatic heterocycles. The highest BCUT2D eigenvalue weighted by Gasteiger charge is 2.62. The third kappa shape index (κ3) is 2.71. The molecule has 5 nitrogen and oxygen atoms in total. The van der Waals surface area contributed by atoms with Crippen LogP contribution in [0.2, 0.25) is 0 Å². The molecule has 6 heteroatoms. The van der Waals surface area contributed by atoms with Crippen molar-refractivity contribution in [3.63, 3.8) is 0 Å². The Labute approximate surface area is 169 Å². The molecule has 0 saturated heterocycles. The average Bonchev–Trinajstić information content (AvgIpc) is 2.84. The molecule has 3 aliphatic carbocycles. The van der Waals surface area contributed by atoms with E-state index in [1.165, 1.54) is 6.26 Å². The van der Waals surface area contributed by atoms with Crippen LogP contribution in [0.3, 0.4) is 0 Å². The summed E-state index contributed by atoms with van der Waals surface area (Å²) < 4.78 is 26.6. The predicted octanol–water partition coefficient (Wildman–Crippen LogP) is 3.76. The van der Waals surface area contributed by atoms with Gasteiger partial charge in [-0.15, -0.1) is 0 Å². The van der Waals surface area contributed by atoms with Gasteiger partial charge >= 0.3 is 0 Å². The maximum atomic E-state index is 12.0. The number of rotatable bonds is 2. The lowest BCUT2D eigenvalue weighted by Crippen LogP contribution is -2.60. The van der Waals surface area contributed by atoms with Crippen molar-refractivity contribution in [1.29, 1.82) is 0 Å². The minimum absolute atomic E-state index is 0.0963. The van der Waals surface area contributed by atoms with Gasteiger partial charge in [0.25, 0.3) is 0 Å². The number of nitrogens with two attached hydrogens (primary N) is 1. The average molecular weight is 407 g/mol. The zero-order valence-corrected chi connectivity index (χ0v) is 18.5. The van der Waals surface area contributed by atoms with Crippen LogP contribution in [0.1, 0.15) is 64.5 Å². The molecule has 0 amide bonds. The Morgan fingerprint density at radius 3 is 2.43 bits per heavy atom. The number of fused-ring (bicyclic) bond motifs is 5. The van der Waals surface area contributed by atoms with Gasteiger partial charge in [-0.1, -0.05) is 27.7 Å². The van der Waals surface area contributed by atoms with Gasteiger partial charge in [-0.25, -0.2) is 8.42 Å². The Bertz CT molecular complexity index is 926. The molecule has 156 valence electrons. The van der Waals surface area contributed by atoms with Crippen LogP contribution in [0, 0.1) is 22.7 Å². The highest BCUT2D eigenvalue weighted by atomic mass is 32.2. The van der Waals surface area contributed by atoms with Crippen molar-refractivity contribution >= 4 is 15.7 Å². The van der Waals surface area contributed by atoms with E-state index in [1.54, 1.807) is 6.07 Å². The largest absolute Gasteiger partial charge is 0.508 e. The maximum Gasteiger partial charge on any atom is 0.229 e. The molecule has 2 saturated carbocycles. The summed E-state index contributed by atoms with van der Waals surface area (Å²) in [5, 5.41) is 10.3. The van der Waals surface area contributed by atoms with Crippen molar-refractivity contribution < 1.29 is 13.5 Å². The van der Waals surface area contributed by atoms with Crippen molar-refractivity contribution in [3.05, 3.63) is 23.3 Å². The van der Waals surface area contributed by atoms with Crippen LogP contribution < -0.4 is 10.5 Å². The summed E-state index contributed by atoms with van der Waals surface area (Å²) in [5.41, 5.74) is 9.42. The van der Waals surface area contributed by atoms with E-state index in [0.717, 1.165) is 43.2 Å². The quantitative estimate of drug-likeness (QED) is 0.697. The van der Waals surface area contributed by atoms with E-state index in [9.17, 15) is 13.5 Å². The minimum atomic E-state index is -3.42. The van der Waals surface area contributed by atoms with E-state index in [4.69, 9.17) is 5.73 Å². The van der Waals surface area contributed by atoms with Crippen molar-refractivity contribution in [2.24, 2.45) is 28.4 Å². The number of aromatic hydroxyl groups is 1. The molecular formula is C22H34N2O3S. The van der Waals surface area contributed by atoms with Crippen molar-refractivity contribution in [2.75, 3.05) is 11.0 Å². The standard InChI is InChI=1S/C22H34N2O3S/c1-20(2)16-6-8-22(4)17(21(16,3)9-7-18(20)23)11-13-10-14(25)12-15(19(13)22)24-28(5,26)27/h10,12,16-18,24-25H,6-9,11,23H2,1-5H3. The fraction of sp³-hybridized carbons (Fsp3) is 0.727. The molecule has 4 N–H and O–H groups in total. The lowest BCUT2D eigenvalue weighted by atomic mass is 9.43. The summed E-state index contributed by atoms with van der Waals surface area (Å²) in [6.45, 7) is 9.39. The number of phenolic OH excluding ortho intramolecular Hbond substituents is 1. The van der Waals surface area contributed by atoms with Crippen LogP contribution in [0.4, 0.5) is 5.69 Å². The second-order valence-electron chi connectivity index (χ2n) is 10.6. The summed E-state index contributed by atoms with van der Waals surface area (Å²) in [5.74, 6) is 1.10. The summed E-state index contributed by atoms with van der Waals surface area (Å²) >= 11 is 0. The number of phenols is 1. The lowest BCUT2D eigenvalue weighted by molar-refractivity contribution is -0.107. The first-order valence-electron chi connectivity index (χ1n) is 10.4. The molecule has 1 aromatic rings. The van der Waals surface area contributed by atoms with Gasteiger partial charge in [0.1, 0.15) is 5.75 Å². The van der Waals surface area contributed by atoms with Crippen LogP contribution in [0.25, 0.3) is 0 Å². The van der Waals surface area contributed by atoms with Gasteiger partial charge in [0.15, 0.2) is 0 Å². The highest BCUT2D eigenvalue weighted by molar-refractivity contribution is 7.92. The normalized spacial score (nSPS) is 39.0. The van der Waals surface area contributed by atoms with E-state index in [-0.39, 0.29) is 28.0 Å². The second-order valence-corrected chi connectivity index (χ2v) is 12.4. The van der Waals surface area contributed by atoms with Crippen molar-refractivity contribution in [3.8, 4) is 5.75 Å². The Balaban J connectivity index is 1.84. The van der Waals surface area contributed by atoms with Crippen molar-refractivity contribution in [1.82, 2.24) is 0 Å². The Kier molecular flexibility index (Phi) is 4.20. The fourth-order valence-electron chi connectivity index (χ4n) is 7.36. The summed E-state index contributed by atoms with van der Waals surface area (Å²) in [7, 11) is -3.42. The van der Waals surface area contributed by atoms with Gasteiger partial charge in [0, 0.05) is 12.1 Å². The lowest BCUT2D eigenvalue weighted by Gasteiger charge is -2.62. The number of nitrogens with one attached hydrogen (secondary N) is 1. The third-order valence-electron chi connectivity index (χ3n) is 8.66. The monoisotopic (exact) mass is 406 g/mol. The molecule has 0 bridgehead atoms. The molecule has 5 atom stereocenters. The number of hydrogen-bond acceptors (Lipinski definition) is 4. The summed E-state index contributed by atoms with van der Waals surface area (Å²) in [6, 6.07) is 3.64. The Morgan fingerprint density at radius 1 is 1.11 bits per heavy atom. The molecule has 4 rings (SSSR count). The number of hydrogen-bond donors (Lipinski definition) is 3. The van der Waals surface area contributed by atoms with Gasteiger partial charge in [-0.05, 0) is 77.4 Å². The van der Waals surface area contributed by atoms with Gasteiger partial charge in [0.05, 0.1) is 11.9 Å². The smallest absolute Gasteiger partial charge is 0.229 e. The molecule has 28 heavy (non-hydrogen) atoms. The van der Waals surface area contributed by atoms with Crippen LogP contribution >= 0.6 is 0 Å². The predicted molar refractivity (Wildman–Crippen MR) is 113 cm³/mol. The SMILES string of the molecule is CC12CCC3C(C)(C)C(N)CCC3(C)C1Cc1cc(O)cc(NS(C)(=O)=O)c12. The van der Waals surface area contributed by atoms with E-state index < -0.39 is 10.0 Å². The molecular weight excluding hydrogens is 372 g/mol. The number of anilines is 1. The summed E-state index contributed by atoms with van der Waals surface area (Å²) in [4.78, 5) is 0. The molecule has 0 radical (unpaired) electrons. The summed E-state index contributed by atoms with van der Waals surface area (Å²) in [6.07, 6.45) is 6.31. The molecule has 3 aliphatic rings. The van der Waals surface area contributed by atoms with E-state index in [2.05, 4.69) is 32.4 Å². The first-order chi connectivity index (χ1) is 12.8. The third-order valence-corrected chi connectivity index (χ3v) is 9.25. The zero-order chi connectivity index (χ0) is 20.7. The van der Waals surface area contributed by atoms with Crippen LogP contribution in [-0.4, -0.2) is 25.8 Å². The van der Waals surface area contributed by atoms with E-state index in [0.29, 0.717) is 17.5 Å². The molecule has 0 aliphatic heterocycles. The Morgan fingerprint density at radius 2 is 1.79 bits per heavy atom. The molecule has 0 spiro atoms. The topological polar surface area (TPSA) is 92.4 Å². The van der Waals surface area contributed by atoms with Crippen LogP contribution in [0.15, 0.2) is 12.1 Å².